The Morgan fingerprint density at radius 3 is 3.00 bits per heavy atom. The van der Waals surface area contributed by atoms with Crippen LogP contribution in [0, 0.1) is 0 Å². The first-order valence-corrected chi connectivity index (χ1v) is 8.07. The molecule has 1 amide bonds. The van der Waals surface area contributed by atoms with Gasteiger partial charge in [0.05, 0.1) is 17.5 Å². The number of fused-ring (bicyclic) bond motifs is 1. The van der Waals surface area contributed by atoms with Gasteiger partial charge in [0.25, 0.3) is 5.91 Å². The second kappa shape index (κ2) is 6.33. The summed E-state index contributed by atoms with van der Waals surface area (Å²) < 4.78 is 2.14. The molecule has 3 heterocycles. The number of amides is 1. The molecule has 3 aromatic rings. The number of hydrogen-bond donors (Lipinski definition) is 3. The summed E-state index contributed by atoms with van der Waals surface area (Å²) in [5.74, 6) is -0.0485. The summed E-state index contributed by atoms with van der Waals surface area (Å²) in [4.78, 5) is 12.5. The number of carbonyl (C=O) groups excluding carboxylic acids is 1. The van der Waals surface area contributed by atoms with Gasteiger partial charge in [0.2, 0.25) is 0 Å². The van der Waals surface area contributed by atoms with Gasteiger partial charge in [-0.05, 0) is 11.6 Å². The summed E-state index contributed by atoms with van der Waals surface area (Å²) in [6, 6.07) is 11.9. The molecular formula is C18H19N5O. The molecule has 122 valence electrons. The Morgan fingerprint density at radius 2 is 2.12 bits per heavy atom. The fraction of sp³-hybridized carbons (Fsp3) is 0.222. The quantitative estimate of drug-likeness (QED) is 0.687. The van der Waals surface area contributed by atoms with E-state index in [-0.39, 0.29) is 5.91 Å². The predicted molar refractivity (Wildman–Crippen MR) is 91.3 cm³/mol. The summed E-state index contributed by atoms with van der Waals surface area (Å²) >= 11 is 0. The first kappa shape index (κ1) is 14.7. The van der Waals surface area contributed by atoms with Crippen LogP contribution in [0.2, 0.25) is 0 Å². The van der Waals surface area contributed by atoms with E-state index in [9.17, 15) is 4.79 Å². The standard InChI is InChI=1S/C18H19N5O/c24-18(15-6-8-23-9-7-19-12-16(15)23)20-10-14-11-21-22-17(14)13-4-2-1-3-5-13/h1-6,8,11,19H,7,9-10,12H2,(H,20,24)(H,21,22). The molecule has 3 N–H and O–H groups in total. The lowest BCUT2D eigenvalue weighted by Crippen LogP contribution is -2.30. The number of hydrogen-bond acceptors (Lipinski definition) is 3. The highest BCUT2D eigenvalue weighted by molar-refractivity contribution is 5.95. The van der Waals surface area contributed by atoms with E-state index in [0.717, 1.165) is 47.7 Å². The van der Waals surface area contributed by atoms with Crippen LogP contribution in [0.3, 0.4) is 0 Å². The number of nitrogens with zero attached hydrogens (tertiary/aromatic N) is 2. The van der Waals surface area contributed by atoms with Gasteiger partial charge in [-0.25, -0.2) is 0 Å². The van der Waals surface area contributed by atoms with Crippen molar-refractivity contribution in [1.82, 2.24) is 25.4 Å². The molecule has 0 saturated carbocycles. The highest BCUT2D eigenvalue weighted by Crippen LogP contribution is 2.21. The number of nitrogens with one attached hydrogen (secondary N) is 3. The zero-order valence-electron chi connectivity index (χ0n) is 13.2. The van der Waals surface area contributed by atoms with Crippen LogP contribution in [0.5, 0.6) is 0 Å². The van der Waals surface area contributed by atoms with Crippen LogP contribution >= 0.6 is 0 Å². The first-order valence-electron chi connectivity index (χ1n) is 8.07. The molecule has 4 rings (SSSR count). The predicted octanol–water partition coefficient (Wildman–Crippen LogP) is 1.91. The van der Waals surface area contributed by atoms with E-state index < -0.39 is 0 Å². The lowest BCUT2D eigenvalue weighted by molar-refractivity contribution is 0.0949. The fourth-order valence-electron chi connectivity index (χ4n) is 3.10. The van der Waals surface area contributed by atoms with E-state index >= 15 is 0 Å². The normalized spacial score (nSPS) is 13.5. The van der Waals surface area contributed by atoms with Crippen LogP contribution in [-0.4, -0.2) is 27.2 Å². The van der Waals surface area contributed by atoms with Gasteiger partial charge in [-0.3, -0.25) is 9.89 Å². The smallest absolute Gasteiger partial charge is 0.253 e. The minimum absolute atomic E-state index is 0.0485. The van der Waals surface area contributed by atoms with Crippen molar-refractivity contribution in [2.24, 2.45) is 0 Å². The molecule has 0 fully saturated rings. The summed E-state index contributed by atoms with van der Waals surface area (Å²) in [5.41, 5.74) is 4.77. The van der Waals surface area contributed by atoms with Crippen molar-refractivity contribution < 1.29 is 4.79 Å². The maximum atomic E-state index is 12.5. The maximum absolute atomic E-state index is 12.5. The molecule has 0 aliphatic carbocycles. The van der Waals surface area contributed by atoms with Gasteiger partial charge in [0.1, 0.15) is 0 Å². The molecule has 6 nitrogen and oxygen atoms in total. The Labute approximate surface area is 139 Å². The van der Waals surface area contributed by atoms with Crippen LogP contribution in [0.4, 0.5) is 0 Å². The average molecular weight is 321 g/mol. The van der Waals surface area contributed by atoms with Crippen LogP contribution in [0.1, 0.15) is 21.6 Å². The molecule has 0 radical (unpaired) electrons. The number of rotatable bonds is 4. The molecule has 24 heavy (non-hydrogen) atoms. The fourth-order valence-corrected chi connectivity index (χ4v) is 3.10. The third kappa shape index (κ3) is 2.72. The minimum atomic E-state index is -0.0485. The lowest BCUT2D eigenvalue weighted by atomic mass is 10.1. The van der Waals surface area contributed by atoms with Gasteiger partial charge in [0, 0.05) is 43.6 Å². The van der Waals surface area contributed by atoms with Gasteiger partial charge < -0.3 is 15.2 Å². The average Bonchev–Trinajstić information content (AvgIpc) is 3.27. The third-order valence-corrected chi connectivity index (χ3v) is 4.37. The van der Waals surface area contributed by atoms with Gasteiger partial charge in [-0.15, -0.1) is 0 Å². The summed E-state index contributed by atoms with van der Waals surface area (Å²) in [7, 11) is 0. The number of carbonyl (C=O) groups is 1. The Morgan fingerprint density at radius 1 is 1.25 bits per heavy atom. The van der Waals surface area contributed by atoms with Gasteiger partial charge in [-0.2, -0.15) is 5.10 Å². The topological polar surface area (TPSA) is 74.7 Å². The Balaban J connectivity index is 1.49. The van der Waals surface area contributed by atoms with E-state index in [2.05, 4.69) is 25.4 Å². The largest absolute Gasteiger partial charge is 0.348 e. The Kier molecular flexibility index (Phi) is 3.88. The highest BCUT2D eigenvalue weighted by atomic mass is 16.1. The Bertz CT molecular complexity index is 849. The maximum Gasteiger partial charge on any atom is 0.253 e. The molecule has 1 aliphatic rings. The monoisotopic (exact) mass is 321 g/mol. The minimum Gasteiger partial charge on any atom is -0.348 e. The zero-order valence-corrected chi connectivity index (χ0v) is 13.2. The lowest BCUT2D eigenvalue weighted by Gasteiger charge is -2.17. The van der Waals surface area contributed by atoms with E-state index in [1.807, 2.05) is 42.6 Å². The zero-order chi connectivity index (χ0) is 16.4. The van der Waals surface area contributed by atoms with E-state index in [1.165, 1.54) is 0 Å². The van der Waals surface area contributed by atoms with Crippen molar-refractivity contribution in [2.75, 3.05) is 6.54 Å². The summed E-state index contributed by atoms with van der Waals surface area (Å²) in [5, 5.41) is 13.4. The van der Waals surface area contributed by atoms with Gasteiger partial charge in [0.15, 0.2) is 0 Å². The molecular weight excluding hydrogens is 302 g/mol. The molecule has 1 aromatic carbocycles. The van der Waals surface area contributed by atoms with Crippen LogP contribution in [0.25, 0.3) is 11.3 Å². The number of aromatic nitrogens is 3. The second-order valence-electron chi connectivity index (χ2n) is 5.87. The van der Waals surface area contributed by atoms with Gasteiger partial charge >= 0.3 is 0 Å². The van der Waals surface area contributed by atoms with Crippen molar-refractivity contribution in [3.8, 4) is 11.3 Å². The number of H-pyrrole nitrogens is 1. The molecule has 1 aliphatic heterocycles. The van der Waals surface area contributed by atoms with E-state index in [0.29, 0.717) is 6.54 Å². The summed E-state index contributed by atoms with van der Waals surface area (Å²) in [6.07, 6.45) is 3.75. The van der Waals surface area contributed by atoms with Crippen molar-refractivity contribution in [2.45, 2.75) is 19.6 Å². The highest BCUT2D eigenvalue weighted by Gasteiger charge is 2.18. The Hall–Kier alpha value is -2.86. The van der Waals surface area contributed by atoms with Crippen LogP contribution in [0.15, 0.2) is 48.8 Å². The second-order valence-corrected chi connectivity index (χ2v) is 5.87. The molecule has 0 atom stereocenters. The van der Waals surface area contributed by atoms with Crippen LogP contribution < -0.4 is 10.6 Å². The number of benzene rings is 1. The van der Waals surface area contributed by atoms with Crippen LogP contribution in [-0.2, 0) is 19.6 Å². The molecule has 0 bridgehead atoms. The molecule has 2 aromatic heterocycles. The molecule has 6 heteroatoms. The third-order valence-electron chi connectivity index (χ3n) is 4.37. The van der Waals surface area contributed by atoms with Crippen molar-refractivity contribution >= 4 is 5.91 Å². The molecule has 0 spiro atoms. The van der Waals surface area contributed by atoms with Gasteiger partial charge in [-0.1, -0.05) is 30.3 Å². The van der Waals surface area contributed by atoms with Crippen molar-refractivity contribution in [3.63, 3.8) is 0 Å². The first-order chi connectivity index (χ1) is 11.8. The SMILES string of the molecule is O=C(NCc1cn[nH]c1-c1ccccc1)c1ccn2c1CNCC2. The van der Waals surface area contributed by atoms with Crippen molar-refractivity contribution in [3.05, 3.63) is 65.6 Å². The molecule has 0 saturated heterocycles. The number of aromatic amines is 1. The van der Waals surface area contributed by atoms with E-state index in [4.69, 9.17) is 0 Å². The molecule has 0 unspecified atom stereocenters. The summed E-state index contributed by atoms with van der Waals surface area (Å²) in [6.45, 7) is 3.02. The van der Waals surface area contributed by atoms with Crippen molar-refractivity contribution in [1.29, 1.82) is 0 Å². The van der Waals surface area contributed by atoms with E-state index in [1.54, 1.807) is 6.20 Å².